The topological polar surface area (TPSA) is 62.7 Å². The van der Waals surface area contributed by atoms with E-state index in [4.69, 9.17) is 4.74 Å². The van der Waals surface area contributed by atoms with Gasteiger partial charge < -0.3 is 9.64 Å². The van der Waals surface area contributed by atoms with E-state index in [0.29, 0.717) is 5.82 Å². The van der Waals surface area contributed by atoms with E-state index in [-0.39, 0.29) is 24.1 Å². The number of amides is 2. The molecular weight excluding hydrogens is 330 g/mol. The van der Waals surface area contributed by atoms with Gasteiger partial charge in [-0.2, -0.15) is 0 Å². The fourth-order valence-electron chi connectivity index (χ4n) is 3.55. The summed E-state index contributed by atoms with van der Waals surface area (Å²) in [6.45, 7) is 7.97. The number of hydrogen-bond acceptors (Lipinski definition) is 4. The summed E-state index contributed by atoms with van der Waals surface area (Å²) in [5, 5.41) is 0. The van der Waals surface area contributed by atoms with Crippen LogP contribution in [0, 0.1) is 0 Å². The van der Waals surface area contributed by atoms with Gasteiger partial charge in [0, 0.05) is 31.3 Å². The molecule has 1 saturated carbocycles. The molecule has 2 fully saturated rings. The van der Waals surface area contributed by atoms with Gasteiger partial charge in [0.05, 0.1) is 6.04 Å². The first kappa shape index (κ1) is 18.7. The van der Waals surface area contributed by atoms with Crippen LogP contribution in [0.1, 0.15) is 71.4 Å². The standard InChI is InChI=1S/C20H29N3O3/c1-14(24)22-13-6-5-9-17(22)16-8-7-12-21-18(16)23(15-10-11-15)19(25)26-20(2,3)4/h7-8,12,15,17H,5-6,9-11,13H2,1-4H3/t17-/m0/s1. The summed E-state index contributed by atoms with van der Waals surface area (Å²) in [6.07, 6.45) is 6.24. The Morgan fingerprint density at radius 3 is 2.58 bits per heavy atom. The highest BCUT2D eigenvalue weighted by Crippen LogP contribution is 2.39. The molecule has 6 nitrogen and oxygen atoms in total. The van der Waals surface area contributed by atoms with Crippen LogP contribution in [0.2, 0.25) is 0 Å². The molecule has 0 radical (unpaired) electrons. The Kier molecular flexibility index (Phi) is 5.21. The second-order valence-corrected chi connectivity index (χ2v) is 8.22. The SMILES string of the molecule is CC(=O)N1CCCC[C@H]1c1cccnc1N(C(=O)OC(C)(C)C)C1CC1. The fraction of sp³-hybridized carbons (Fsp3) is 0.650. The molecule has 1 saturated heterocycles. The molecule has 142 valence electrons. The molecule has 0 aromatic carbocycles. The molecule has 6 heteroatoms. The van der Waals surface area contributed by atoms with Crippen molar-refractivity contribution in [2.45, 2.75) is 77.5 Å². The Morgan fingerprint density at radius 1 is 1.23 bits per heavy atom. The van der Waals surface area contributed by atoms with Crippen LogP contribution in [0.4, 0.5) is 10.6 Å². The van der Waals surface area contributed by atoms with E-state index in [0.717, 1.165) is 44.2 Å². The summed E-state index contributed by atoms with van der Waals surface area (Å²) in [5.74, 6) is 0.710. The zero-order chi connectivity index (χ0) is 18.9. The van der Waals surface area contributed by atoms with Crippen molar-refractivity contribution < 1.29 is 14.3 Å². The first-order chi connectivity index (χ1) is 12.3. The summed E-state index contributed by atoms with van der Waals surface area (Å²) in [4.78, 5) is 33.2. The summed E-state index contributed by atoms with van der Waals surface area (Å²) >= 11 is 0. The van der Waals surface area contributed by atoms with Gasteiger partial charge in [-0.15, -0.1) is 0 Å². The Labute approximate surface area is 155 Å². The number of pyridine rings is 1. The molecule has 26 heavy (non-hydrogen) atoms. The number of hydrogen-bond donors (Lipinski definition) is 0. The van der Waals surface area contributed by atoms with Gasteiger partial charge in [-0.3, -0.25) is 9.69 Å². The fourth-order valence-corrected chi connectivity index (χ4v) is 3.55. The van der Waals surface area contributed by atoms with Crippen LogP contribution in [0.15, 0.2) is 18.3 Å². The number of ether oxygens (including phenoxy) is 1. The molecule has 0 unspecified atom stereocenters. The predicted molar refractivity (Wildman–Crippen MR) is 100.0 cm³/mol. The van der Waals surface area contributed by atoms with E-state index in [2.05, 4.69) is 4.98 Å². The van der Waals surface area contributed by atoms with Crippen molar-refractivity contribution in [3.8, 4) is 0 Å². The highest BCUT2D eigenvalue weighted by atomic mass is 16.6. The van der Waals surface area contributed by atoms with E-state index in [1.165, 1.54) is 0 Å². The van der Waals surface area contributed by atoms with Crippen LogP contribution in [0.3, 0.4) is 0 Å². The van der Waals surface area contributed by atoms with Crippen LogP contribution in [-0.2, 0) is 9.53 Å². The maximum Gasteiger partial charge on any atom is 0.416 e. The van der Waals surface area contributed by atoms with Crippen LogP contribution in [-0.4, -0.2) is 40.1 Å². The van der Waals surface area contributed by atoms with Crippen molar-refractivity contribution in [3.63, 3.8) is 0 Å². The third-order valence-corrected chi connectivity index (χ3v) is 4.81. The maximum atomic E-state index is 12.9. The summed E-state index contributed by atoms with van der Waals surface area (Å²) in [6, 6.07) is 3.97. The molecule has 0 N–H and O–H groups in total. The third-order valence-electron chi connectivity index (χ3n) is 4.81. The highest BCUT2D eigenvalue weighted by molar-refractivity contribution is 5.89. The van der Waals surface area contributed by atoms with E-state index in [9.17, 15) is 9.59 Å². The van der Waals surface area contributed by atoms with Crippen molar-refractivity contribution in [3.05, 3.63) is 23.9 Å². The molecule has 1 aromatic heterocycles. The Balaban J connectivity index is 1.96. The Bertz CT molecular complexity index is 679. The van der Waals surface area contributed by atoms with Crippen molar-refractivity contribution in [2.24, 2.45) is 0 Å². The molecule has 0 bridgehead atoms. The van der Waals surface area contributed by atoms with Crippen molar-refractivity contribution in [1.29, 1.82) is 0 Å². The van der Waals surface area contributed by atoms with Crippen molar-refractivity contribution in [2.75, 3.05) is 11.4 Å². The number of likely N-dealkylation sites (tertiary alicyclic amines) is 1. The van der Waals surface area contributed by atoms with Gasteiger partial charge in [0.2, 0.25) is 5.91 Å². The summed E-state index contributed by atoms with van der Waals surface area (Å²) in [7, 11) is 0. The minimum absolute atomic E-state index is 0.0337. The van der Waals surface area contributed by atoms with Crippen LogP contribution < -0.4 is 4.90 Å². The Hall–Kier alpha value is -2.11. The molecular formula is C20H29N3O3. The quantitative estimate of drug-likeness (QED) is 0.816. The van der Waals surface area contributed by atoms with Gasteiger partial charge in [0.25, 0.3) is 0 Å². The molecule has 1 aliphatic heterocycles. The van der Waals surface area contributed by atoms with E-state index < -0.39 is 5.60 Å². The molecule has 2 heterocycles. The van der Waals surface area contributed by atoms with Gasteiger partial charge in [0.1, 0.15) is 11.4 Å². The zero-order valence-electron chi connectivity index (χ0n) is 16.2. The second kappa shape index (κ2) is 7.25. The minimum atomic E-state index is -0.560. The number of carbonyl (C=O) groups is 2. The molecule has 1 aromatic rings. The number of aromatic nitrogens is 1. The lowest BCUT2D eigenvalue weighted by Crippen LogP contribution is -2.41. The van der Waals surface area contributed by atoms with Crippen LogP contribution >= 0.6 is 0 Å². The second-order valence-electron chi connectivity index (χ2n) is 8.22. The number of carbonyl (C=O) groups excluding carboxylic acids is 2. The number of rotatable bonds is 3. The molecule has 1 atom stereocenters. The molecule has 3 rings (SSSR count). The normalized spacial score (nSPS) is 20.6. The first-order valence-electron chi connectivity index (χ1n) is 9.52. The van der Waals surface area contributed by atoms with Gasteiger partial charge in [-0.1, -0.05) is 6.07 Å². The van der Waals surface area contributed by atoms with Gasteiger partial charge in [-0.05, 0) is 58.9 Å². The van der Waals surface area contributed by atoms with Gasteiger partial charge in [0.15, 0.2) is 0 Å². The lowest BCUT2D eigenvalue weighted by Gasteiger charge is -2.37. The minimum Gasteiger partial charge on any atom is -0.443 e. The number of anilines is 1. The average Bonchev–Trinajstić information content (AvgIpc) is 3.39. The lowest BCUT2D eigenvalue weighted by atomic mass is 9.95. The van der Waals surface area contributed by atoms with Gasteiger partial charge in [-0.25, -0.2) is 9.78 Å². The zero-order valence-corrected chi connectivity index (χ0v) is 16.2. The first-order valence-corrected chi connectivity index (χ1v) is 9.52. The third kappa shape index (κ3) is 4.17. The highest BCUT2D eigenvalue weighted by Gasteiger charge is 2.40. The van der Waals surface area contributed by atoms with Gasteiger partial charge >= 0.3 is 6.09 Å². The molecule has 1 aliphatic carbocycles. The summed E-state index contributed by atoms with van der Waals surface area (Å²) < 4.78 is 5.64. The monoisotopic (exact) mass is 359 g/mol. The lowest BCUT2D eigenvalue weighted by molar-refractivity contribution is -0.132. The molecule has 2 aliphatic rings. The van der Waals surface area contributed by atoms with Crippen LogP contribution in [0.5, 0.6) is 0 Å². The van der Waals surface area contributed by atoms with E-state index in [1.54, 1.807) is 18.0 Å². The Morgan fingerprint density at radius 2 is 1.96 bits per heavy atom. The molecule has 2 amide bonds. The predicted octanol–water partition coefficient (Wildman–Crippen LogP) is 4.06. The molecule has 0 spiro atoms. The van der Waals surface area contributed by atoms with E-state index in [1.807, 2.05) is 37.8 Å². The van der Waals surface area contributed by atoms with Crippen molar-refractivity contribution >= 4 is 17.8 Å². The largest absolute Gasteiger partial charge is 0.443 e. The number of piperidine rings is 1. The number of nitrogens with zero attached hydrogens (tertiary/aromatic N) is 3. The smallest absolute Gasteiger partial charge is 0.416 e. The maximum absolute atomic E-state index is 12.9. The summed E-state index contributed by atoms with van der Waals surface area (Å²) in [5.41, 5.74) is 0.384. The average molecular weight is 359 g/mol. The van der Waals surface area contributed by atoms with E-state index >= 15 is 0 Å². The van der Waals surface area contributed by atoms with Crippen molar-refractivity contribution in [1.82, 2.24) is 9.88 Å². The van der Waals surface area contributed by atoms with Crippen LogP contribution in [0.25, 0.3) is 0 Å².